The Kier molecular flexibility index (Phi) is 7.38. The first-order valence-electron chi connectivity index (χ1n) is 11.3. The van der Waals surface area contributed by atoms with Gasteiger partial charge in [0.2, 0.25) is 5.91 Å². The van der Waals surface area contributed by atoms with E-state index in [9.17, 15) is 4.79 Å². The number of halogens is 2. The minimum Gasteiger partial charge on any atom is -0.300 e. The van der Waals surface area contributed by atoms with Crippen LogP contribution in [0.4, 0.5) is 5.82 Å². The van der Waals surface area contributed by atoms with E-state index in [0.29, 0.717) is 28.8 Å². The van der Waals surface area contributed by atoms with Crippen molar-refractivity contribution in [3.63, 3.8) is 0 Å². The van der Waals surface area contributed by atoms with Crippen LogP contribution in [0.15, 0.2) is 72.9 Å². The van der Waals surface area contributed by atoms with Crippen LogP contribution in [-0.4, -0.2) is 35.9 Å². The lowest BCUT2D eigenvalue weighted by Gasteiger charge is -2.44. The monoisotopic (exact) mass is 481 g/mol. The number of piperidine rings is 1. The summed E-state index contributed by atoms with van der Waals surface area (Å²) in [5, 5.41) is 1.08. The molecule has 0 N–H and O–H groups in total. The number of nitrogens with zero attached hydrogens (tertiary/aromatic N) is 3. The zero-order valence-corrected chi connectivity index (χ0v) is 20.6. The largest absolute Gasteiger partial charge is 0.300 e. The van der Waals surface area contributed by atoms with E-state index in [2.05, 4.69) is 54.2 Å². The predicted molar refractivity (Wildman–Crippen MR) is 136 cm³/mol. The van der Waals surface area contributed by atoms with Crippen molar-refractivity contribution in [2.45, 2.75) is 37.6 Å². The SMILES string of the molecule is C[C@H](c1ccccc1)N(C)CCC1(c2ccc(Cl)c(Cl)c2)CCC(=O)N(c2ccccn2)C1. The fourth-order valence-electron chi connectivity index (χ4n) is 4.65. The van der Waals surface area contributed by atoms with Gasteiger partial charge < -0.3 is 0 Å². The maximum Gasteiger partial charge on any atom is 0.228 e. The highest BCUT2D eigenvalue weighted by molar-refractivity contribution is 6.42. The van der Waals surface area contributed by atoms with Crippen molar-refractivity contribution in [1.82, 2.24) is 9.88 Å². The first-order valence-corrected chi connectivity index (χ1v) is 12.1. The van der Waals surface area contributed by atoms with E-state index >= 15 is 0 Å². The molecule has 0 aliphatic carbocycles. The standard InChI is InChI=1S/C27H29Cl2N3O/c1-20(21-8-4-3-5-9-21)31(2)17-15-27(22-11-12-23(28)24(29)18-22)14-13-26(33)32(19-27)25-10-6-7-16-30-25/h3-12,16,18,20H,13-15,17,19H2,1-2H3/t20-,27?/m1/s1. The summed E-state index contributed by atoms with van der Waals surface area (Å²) in [6, 6.07) is 22.4. The number of carbonyl (C=O) groups is 1. The van der Waals surface area contributed by atoms with Gasteiger partial charge in [-0.25, -0.2) is 4.98 Å². The van der Waals surface area contributed by atoms with Gasteiger partial charge in [-0.3, -0.25) is 14.6 Å². The summed E-state index contributed by atoms with van der Waals surface area (Å²) in [6.07, 6.45) is 3.85. The average molecular weight is 482 g/mol. The number of pyridine rings is 1. The Morgan fingerprint density at radius 1 is 1.06 bits per heavy atom. The summed E-state index contributed by atoms with van der Waals surface area (Å²) < 4.78 is 0. The summed E-state index contributed by atoms with van der Waals surface area (Å²) in [7, 11) is 2.16. The van der Waals surface area contributed by atoms with E-state index in [-0.39, 0.29) is 17.4 Å². The second-order valence-electron chi connectivity index (χ2n) is 8.89. The Morgan fingerprint density at radius 2 is 1.82 bits per heavy atom. The molecule has 33 heavy (non-hydrogen) atoms. The van der Waals surface area contributed by atoms with Gasteiger partial charge in [-0.2, -0.15) is 0 Å². The third kappa shape index (κ3) is 5.24. The van der Waals surface area contributed by atoms with Crippen molar-refractivity contribution in [2.75, 3.05) is 25.0 Å². The lowest BCUT2D eigenvalue weighted by Crippen LogP contribution is -2.50. The fourth-order valence-corrected chi connectivity index (χ4v) is 4.95. The molecule has 0 bridgehead atoms. The number of hydrogen-bond donors (Lipinski definition) is 0. The van der Waals surface area contributed by atoms with Crippen molar-refractivity contribution in [1.29, 1.82) is 0 Å². The topological polar surface area (TPSA) is 36.4 Å². The Bertz CT molecular complexity index is 1090. The summed E-state index contributed by atoms with van der Waals surface area (Å²) in [5.41, 5.74) is 2.16. The van der Waals surface area contributed by atoms with Crippen molar-refractivity contribution >= 4 is 34.9 Å². The number of hydrogen-bond acceptors (Lipinski definition) is 3. The maximum absolute atomic E-state index is 12.9. The van der Waals surface area contributed by atoms with E-state index in [1.807, 2.05) is 41.3 Å². The molecule has 0 spiro atoms. The van der Waals surface area contributed by atoms with Gasteiger partial charge in [0.15, 0.2) is 0 Å². The second-order valence-corrected chi connectivity index (χ2v) is 9.71. The third-order valence-corrected chi connectivity index (χ3v) is 7.66. The van der Waals surface area contributed by atoms with Gasteiger partial charge in [0.05, 0.1) is 10.0 Å². The molecule has 2 atom stereocenters. The van der Waals surface area contributed by atoms with Crippen LogP contribution in [0.5, 0.6) is 0 Å². The van der Waals surface area contributed by atoms with Crippen LogP contribution >= 0.6 is 23.2 Å². The maximum atomic E-state index is 12.9. The van der Waals surface area contributed by atoms with E-state index < -0.39 is 0 Å². The lowest BCUT2D eigenvalue weighted by molar-refractivity contribution is -0.120. The first-order chi connectivity index (χ1) is 15.9. The number of anilines is 1. The van der Waals surface area contributed by atoms with E-state index in [0.717, 1.165) is 24.9 Å². The Morgan fingerprint density at radius 3 is 2.52 bits per heavy atom. The van der Waals surface area contributed by atoms with Crippen LogP contribution in [-0.2, 0) is 10.2 Å². The number of aromatic nitrogens is 1. The molecule has 4 nitrogen and oxygen atoms in total. The van der Waals surface area contributed by atoms with Gasteiger partial charge >= 0.3 is 0 Å². The molecule has 2 aromatic carbocycles. The summed E-state index contributed by atoms with van der Waals surface area (Å²) in [4.78, 5) is 21.5. The van der Waals surface area contributed by atoms with Crippen LogP contribution in [0.1, 0.15) is 43.4 Å². The van der Waals surface area contributed by atoms with Gasteiger partial charge in [-0.15, -0.1) is 0 Å². The molecule has 172 valence electrons. The Hall–Kier alpha value is -2.40. The molecule has 1 aromatic heterocycles. The van der Waals surface area contributed by atoms with Gasteiger partial charge in [0.25, 0.3) is 0 Å². The van der Waals surface area contributed by atoms with Gasteiger partial charge in [-0.05, 0) is 68.8 Å². The molecule has 0 radical (unpaired) electrons. The number of rotatable bonds is 7. The van der Waals surface area contributed by atoms with Crippen molar-refractivity contribution in [2.24, 2.45) is 0 Å². The molecule has 1 fully saturated rings. The number of amides is 1. The normalized spacial score (nSPS) is 19.7. The Balaban J connectivity index is 1.63. The molecule has 0 saturated carbocycles. The molecule has 3 aromatic rings. The highest BCUT2D eigenvalue weighted by atomic mass is 35.5. The van der Waals surface area contributed by atoms with Crippen LogP contribution in [0.25, 0.3) is 0 Å². The molecular weight excluding hydrogens is 453 g/mol. The smallest absolute Gasteiger partial charge is 0.228 e. The van der Waals surface area contributed by atoms with Crippen LogP contribution in [0, 0.1) is 0 Å². The van der Waals surface area contributed by atoms with Gasteiger partial charge in [0, 0.05) is 30.6 Å². The molecular formula is C27H29Cl2N3O. The minimum absolute atomic E-state index is 0.107. The molecule has 4 rings (SSSR count). The van der Waals surface area contributed by atoms with Crippen molar-refractivity contribution in [3.8, 4) is 0 Å². The average Bonchev–Trinajstić information content (AvgIpc) is 2.86. The molecule has 1 saturated heterocycles. The summed E-state index contributed by atoms with van der Waals surface area (Å²) in [5.74, 6) is 0.799. The highest BCUT2D eigenvalue weighted by Gasteiger charge is 2.41. The van der Waals surface area contributed by atoms with Gasteiger partial charge in [0.1, 0.15) is 5.82 Å². The molecule has 6 heteroatoms. The quantitative estimate of drug-likeness (QED) is 0.384. The second kappa shape index (κ2) is 10.3. The van der Waals surface area contributed by atoms with Crippen LogP contribution < -0.4 is 4.90 Å². The molecule has 1 amide bonds. The summed E-state index contributed by atoms with van der Waals surface area (Å²) >= 11 is 12.7. The van der Waals surface area contributed by atoms with Crippen molar-refractivity contribution < 1.29 is 4.79 Å². The molecule has 2 heterocycles. The predicted octanol–water partition coefficient (Wildman–Crippen LogP) is 6.54. The minimum atomic E-state index is -0.246. The molecule has 1 aliphatic heterocycles. The van der Waals surface area contributed by atoms with E-state index in [4.69, 9.17) is 23.2 Å². The fraction of sp³-hybridized carbons (Fsp3) is 0.333. The van der Waals surface area contributed by atoms with Gasteiger partial charge in [-0.1, -0.05) is 65.7 Å². The zero-order chi connectivity index (χ0) is 23.4. The van der Waals surface area contributed by atoms with Crippen LogP contribution in [0.3, 0.4) is 0 Å². The third-order valence-electron chi connectivity index (χ3n) is 6.92. The molecule has 1 aliphatic rings. The van der Waals surface area contributed by atoms with E-state index in [1.54, 1.807) is 6.20 Å². The number of carbonyl (C=O) groups excluding carboxylic acids is 1. The molecule has 1 unspecified atom stereocenters. The van der Waals surface area contributed by atoms with E-state index in [1.165, 1.54) is 5.56 Å². The summed E-state index contributed by atoms with van der Waals surface area (Å²) in [6.45, 7) is 3.67. The lowest BCUT2D eigenvalue weighted by atomic mass is 9.71. The zero-order valence-electron chi connectivity index (χ0n) is 19.0. The Labute approximate surface area is 206 Å². The number of benzene rings is 2. The van der Waals surface area contributed by atoms with Crippen molar-refractivity contribution in [3.05, 3.63) is 94.1 Å². The van der Waals surface area contributed by atoms with Crippen LogP contribution in [0.2, 0.25) is 10.0 Å². The first kappa shape index (κ1) is 23.7. The highest BCUT2D eigenvalue weighted by Crippen LogP contribution is 2.41.